The van der Waals surface area contributed by atoms with Gasteiger partial charge in [-0.25, -0.2) is 0 Å². The molecule has 0 fully saturated rings. The van der Waals surface area contributed by atoms with Crippen LogP contribution in [-0.2, 0) is 11.3 Å². The van der Waals surface area contributed by atoms with Crippen molar-refractivity contribution in [3.8, 4) is 18.1 Å². The first-order valence-electron chi connectivity index (χ1n) is 5.80. The molecule has 0 atom stereocenters. The van der Waals surface area contributed by atoms with E-state index >= 15 is 0 Å². The summed E-state index contributed by atoms with van der Waals surface area (Å²) >= 11 is 0. The van der Waals surface area contributed by atoms with E-state index in [4.69, 9.17) is 16.3 Å². The third kappa shape index (κ3) is 5.37. The highest BCUT2D eigenvalue weighted by atomic mass is 16.5. The molecule has 0 spiro atoms. The second-order valence-electron chi connectivity index (χ2n) is 3.77. The van der Waals surface area contributed by atoms with Crippen LogP contribution in [0.5, 0.6) is 5.75 Å². The van der Waals surface area contributed by atoms with E-state index < -0.39 is 5.97 Å². The van der Waals surface area contributed by atoms with E-state index in [1.165, 1.54) is 0 Å². The largest absolute Gasteiger partial charge is 0.481 e. The molecule has 0 amide bonds. The Kier molecular flexibility index (Phi) is 6.37. The van der Waals surface area contributed by atoms with Crippen LogP contribution in [0.2, 0.25) is 0 Å². The first kappa shape index (κ1) is 14.1. The Hall–Kier alpha value is -1.99. The van der Waals surface area contributed by atoms with Crippen LogP contribution in [0.15, 0.2) is 24.3 Å². The standard InChI is InChI=1S/C14H17NO3/c1-2-10-18-13-7-4-3-6-12(13)11-15-9-5-8-14(16)17/h1,3-4,6-7,15H,5,8-11H2,(H,16,17). The maximum atomic E-state index is 10.3. The minimum absolute atomic E-state index is 0.183. The van der Waals surface area contributed by atoms with Crippen molar-refractivity contribution in [3.63, 3.8) is 0 Å². The fourth-order valence-corrected chi connectivity index (χ4v) is 1.50. The Balaban J connectivity index is 2.37. The lowest BCUT2D eigenvalue weighted by molar-refractivity contribution is -0.137. The second kappa shape index (κ2) is 8.15. The molecule has 0 heterocycles. The second-order valence-corrected chi connectivity index (χ2v) is 3.77. The third-order valence-corrected chi connectivity index (χ3v) is 2.34. The molecule has 0 unspecified atom stereocenters. The lowest BCUT2D eigenvalue weighted by Crippen LogP contribution is -2.16. The number of nitrogens with one attached hydrogen (secondary N) is 1. The molecule has 0 aliphatic rings. The van der Waals surface area contributed by atoms with Gasteiger partial charge in [-0.2, -0.15) is 0 Å². The molecule has 1 aromatic carbocycles. The smallest absolute Gasteiger partial charge is 0.303 e. The van der Waals surface area contributed by atoms with Gasteiger partial charge in [0.1, 0.15) is 12.4 Å². The number of ether oxygens (including phenoxy) is 1. The molecule has 0 aromatic heterocycles. The van der Waals surface area contributed by atoms with E-state index in [-0.39, 0.29) is 13.0 Å². The van der Waals surface area contributed by atoms with E-state index in [1.807, 2.05) is 24.3 Å². The first-order valence-corrected chi connectivity index (χ1v) is 5.80. The number of para-hydroxylation sites is 1. The average molecular weight is 247 g/mol. The monoisotopic (exact) mass is 247 g/mol. The van der Waals surface area contributed by atoms with E-state index in [1.54, 1.807) is 0 Å². The van der Waals surface area contributed by atoms with E-state index in [2.05, 4.69) is 11.2 Å². The van der Waals surface area contributed by atoms with Crippen molar-refractivity contribution in [1.29, 1.82) is 0 Å². The molecule has 0 bridgehead atoms. The van der Waals surface area contributed by atoms with Crippen molar-refractivity contribution in [2.24, 2.45) is 0 Å². The Morgan fingerprint density at radius 1 is 1.44 bits per heavy atom. The highest BCUT2D eigenvalue weighted by Gasteiger charge is 2.02. The summed E-state index contributed by atoms with van der Waals surface area (Å²) in [6, 6.07) is 7.64. The molecule has 0 saturated heterocycles. The first-order chi connectivity index (χ1) is 8.74. The van der Waals surface area contributed by atoms with Gasteiger partial charge in [0.2, 0.25) is 0 Å². The van der Waals surface area contributed by atoms with Gasteiger partial charge < -0.3 is 15.2 Å². The van der Waals surface area contributed by atoms with Crippen molar-refractivity contribution < 1.29 is 14.6 Å². The number of carbonyl (C=O) groups is 1. The summed E-state index contributed by atoms with van der Waals surface area (Å²) in [5.41, 5.74) is 1.02. The van der Waals surface area contributed by atoms with Gasteiger partial charge >= 0.3 is 5.97 Å². The van der Waals surface area contributed by atoms with Crippen LogP contribution in [0.4, 0.5) is 0 Å². The fourth-order valence-electron chi connectivity index (χ4n) is 1.50. The number of benzene rings is 1. The lowest BCUT2D eigenvalue weighted by atomic mass is 10.2. The van der Waals surface area contributed by atoms with E-state index in [0.717, 1.165) is 11.3 Å². The van der Waals surface area contributed by atoms with E-state index in [9.17, 15) is 4.79 Å². The summed E-state index contributed by atoms with van der Waals surface area (Å²) in [5, 5.41) is 11.7. The zero-order chi connectivity index (χ0) is 13.2. The molecule has 1 rings (SSSR count). The van der Waals surface area contributed by atoms with Gasteiger partial charge in [-0.1, -0.05) is 24.1 Å². The summed E-state index contributed by atoms with van der Waals surface area (Å²) < 4.78 is 5.41. The van der Waals surface area contributed by atoms with Gasteiger partial charge in [-0.3, -0.25) is 4.79 Å². The van der Waals surface area contributed by atoms with Gasteiger partial charge in [0.25, 0.3) is 0 Å². The number of hydrogen-bond donors (Lipinski definition) is 2. The minimum Gasteiger partial charge on any atom is -0.481 e. The summed E-state index contributed by atoms with van der Waals surface area (Å²) in [6.07, 6.45) is 5.94. The predicted octanol–water partition coefficient (Wildman–Crippen LogP) is 1.65. The highest BCUT2D eigenvalue weighted by Crippen LogP contribution is 2.17. The van der Waals surface area contributed by atoms with Gasteiger partial charge in [0.05, 0.1) is 0 Å². The third-order valence-electron chi connectivity index (χ3n) is 2.34. The topological polar surface area (TPSA) is 58.6 Å². The van der Waals surface area contributed by atoms with Crippen LogP contribution in [0, 0.1) is 12.3 Å². The maximum absolute atomic E-state index is 10.3. The van der Waals surface area contributed by atoms with Gasteiger partial charge in [-0.15, -0.1) is 6.42 Å². The normalized spacial score (nSPS) is 9.72. The molecule has 96 valence electrons. The molecule has 1 aromatic rings. The molecule has 4 heteroatoms. The Morgan fingerprint density at radius 3 is 2.94 bits per heavy atom. The summed E-state index contributed by atoms with van der Waals surface area (Å²) in [4.78, 5) is 10.3. The van der Waals surface area contributed by atoms with Crippen molar-refractivity contribution in [2.75, 3.05) is 13.2 Å². The Morgan fingerprint density at radius 2 is 2.22 bits per heavy atom. The van der Waals surface area contributed by atoms with Gasteiger partial charge in [0, 0.05) is 18.5 Å². The molecule has 0 saturated carbocycles. The fraction of sp³-hybridized carbons (Fsp3) is 0.357. The van der Waals surface area contributed by atoms with Crippen LogP contribution >= 0.6 is 0 Å². The predicted molar refractivity (Wildman–Crippen MR) is 69.3 cm³/mol. The highest BCUT2D eigenvalue weighted by molar-refractivity contribution is 5.66. The lowest BCUT2D eigenvalue weighted by Gasteiger charge is -2.10. The number of rotatable bonds is 8. The quantitative estimate of drug-likeness (QED) is 0.542. The average Bonchev–Trinajstić information content (AvgIpc) is 2.36. The summed E-state index contributed by atoms with van der Waals surface area (Å²) in [6.45, 7) is 1.55. The van der Waals surface area contributed by atoms with Gasteiger partial charge in [0.15, 0.2) is 0 Å². The molecule has 0 aliphatic heterocycles. The number of terminal acetylenes is 1. The van der Waals surface area contributed by atoms with Crippen molar-refractivity contribution in [1.82, 2.24) is 5.32 Å². The van der Waals surface area contributed by atoms with Crippen molar-refractivity contribution in [3.05, 3.63) is 29.8 Å². The van der Waals surface area contributed by atoms with Crippen molar-refractivity contribution >= 4 is 5.97 Å². The molecule has 2 N–H and O–H groups in total. The van der Waals surface area contributed by atoms with Crippen LogP contribution in [0.25, 0.3) is 0 Å². The Bertz CT molecular complexity index is 423. The van der Waals surface area contributed by atoms with Crippen LogP contribution in [-0.4, -0.2) is 24.2 Å². The zero-order valence-corrected chi connectivity index (χ0v) is 10.2. The van der Waals surface area contributed by atoms with Crippen LogP contribution in [0.1, 0.15) is 18.4 Å². The minimum atomic E-state index is -0.769. The number of aliphatic carboxylic acids is 1. The molecule has 4 nitrogen and oxygen atoms in total. The molecule has 0 radical (unpaired) electrons. The molecule has 0 aliphatic carbocycles. The zero-order valence-electron chi connectivity index (χ0n) is 10.2. The van der Waals surface area contributed by atoms with Crippen LogP contribution < -0.4 is 10.1 Å². The number of carboxylic acid groups (broad SMARTS) is 1. The van der Waals surface area contributed by atoms with E-state index in [0.29, 0.717) is 19.5 Å². The molecular formula is C14H17NO3. The SMILES string of the molecule is C#CCOc1ccccc1CNCCCC(=O)O. The summed E-state index contributed by atoms with van der Waals surface area (Å²) in [7, 11) is 0. The van der Waals surface area contributed by atoms with Gasteiger partial charge in [-0.05, 0) is 19.0 Å². The molecule has 18 heavy (non-hydrogen) atoms. The Labute approximate surface area is 107 Å². The summed E-state index contributed by atoms with van der Waals surface area (Å²) in [5.74, 6) is 2.42. The van der Waals surface area contributed by atoms with Crippen LogP contribution in [0.3, 0.4) is 0 Å². The van der Waals surface area contributed by atoms with Crippen molar-refractivity contribution in [2.45, 2.75) is 19.4 Å². The number of carboxylic acids is 1. The maximum Gasteiger partial charge on any atom is 0.303 e. The number of hydrogen-bond acceptors (Lipinski definition) is 3. The molecular weight excluding hydrogens is 230 g/mol.